The predicted octanol–water partition coefficient (Wildman–Crippen LogP) is 7.89. The minimum Gasteiger partial charge on any atom is -0.461 e. The van der Waals surface area contributed by atoms with Crippen molar-refractivity contribution < 1.29 is 36.2 Å². The van der Waals surface area contributed by atoms with Crippen LogP contribution in [0, 0.1) is 5.82 Å². The predicted molar refractivity (Wildman–Crippen MR) is 180 cm³/mol. The number of carbonyl (C=O) groups is 1. The number of nitrogens with zero attached hydrogens (tertiary/aromatic N) is 5. The standard InChI is InChI=1S/C34H37Cl2F5N6O3/c1-32(2,3)50-31(48)47-19-5-6-20(47)15-45(14-19)29-22-11-23(35)25(21-9-18(42)10-24(36)26(21)34(39,40)41)27(38)28(22)43-30(44-29)49-16-33-7-4-8-46(33)13-17(37)12-33/h9-11,17,19-20H,4-8,12-16,42H2,1-3H3/t17-,19?,20?,33?/m1/s1. The quantitative estimate of drug-likeness (QED) is 0.208. The number of hydrogen-bond acceptors (Lipinski definition) is 8. The zero-order valence-electron chi connectivity index (χ0n) is 27.7. The van der Waals surface area contributed by atoms with E-state index in [1.165, 1.54) is 6.07 Å². The number of rotatable bonds is 5. The van der Waals surface area contributed by atoms with Crippen LogP contribution in [0.4, 0.5) is 38.3 Å². The van der Waals surface area contributed by atoms with E-state index in [9.17, 15) is 22.4 Å². The summed E-state index contributed by atoms with van der Waals surface area (Å²) in [7, 11) is 0. The molecule has 4 fully saturated rings. The van der Waals surface area contributed by atoms with Crippen molar-refractivity contribution in [2.75, 3.05) is 43.4 Å². The van der Waals surface area contributed by atoms with Crippen molar-refractivity contribution in [3.8, 4) is 17.1 Å². The first kappa shape index (κ1) is 35.1. The molecule has 5 heterocycles. The lowest BCUT2D eigenvalue weighted by atomic mass is 9.95. The minimum absolute atomic E-state index is 0.0428. The summed E-state index contributed by atoms with van der Waals surface area (Å²) in [6.45, 7) is 7.06. The van der Waals surface area contributed by atoms with Gasteiger partial charge in [0, 0.05) is 48.3 Å². The maximum absolute atomic E-state index is 16.8. The number of alkyl halides is 4. The van der Waals surface area contributed by atoms with E-state index in [0.717, 1.165) is 25.1 Å². The highest BCUT2D eigenvalue weighted by Crippen LogP contribution is 2.48. The smallest absolute Gasteiger partial charge is 0.418 e. The second-order valence-electron chi connectivity index (χ2n) is 14.7. The van der Waals surface area contributed by atoms with Gasteiger partial charge in [-0.1, -0.05) is 23.2 Å². The molecule has 1 amide bonds. The van der Waals surface area contributed by atoms with Gasteiger partial charge in [-0.25, -0.2) is 13.6 Å². The van der Waals surface area contributed by atoms with E-state index in [1.807, 2.05) is 9.80 Å². The molecule has 3 unspecified atom stereocenters. The summed E-state index contributed by atoms with van der Waals surface area (Å²) in [6, 6.07) is 2.54. The van der Waals surface area contributed by atoms with E-state index in [0.29, 0.717) is 38.9 Å². The number of benzene rings is 2. The van der Waals surface area contributed by atoms with Gasteiger partial charge in [0.15, 0.2) is 5.82 Å². The number of ether oxygens (including phenoxy) is 2. The normalized spacial score (nSPS) is 25.4. The van der Waals surface area contributed by atoms with Crippen molar-refractivity contribution >= 4 is 51.7 Å². The molecular weight excluding hydrogens is 706 g/mol. The molecule has 0 saturated carbocycles. The van der Waals surface area contributed by atoms with Gasteiger partial charge < -0.3 is 20.1 Å². The fraction of sp³-hybridized carbons (Fsp3) is 0.559. The van der Waals surface area contributed by atoms with Crippen LogP contribution in [0.5, 0.6) is 6.01 Å². The Kier molecular flexibility index (Phi) is 8.70. The first-order valence-electron chi connectivity index (χ1n) is 16.6. The van der Waals surface area contributed by atoms with Crippen LogP contribution >= 0.6 is 23.2 Å². The second kappa shape index (κ2) is 12.4. The molecule has 9 nitrogen and oxygen atoms in total. The molecule has 3 aromatic rings. The second-order valence-corrected chi connectivity index (χ2v) is 15.6. The van der Waals surface area contributed by atoms with Gasteiger partial charge in [-0.05, 0) is 71.2 Å². The molecule has 16 heteroatoms. The largest absolute Gasteiger partial charge is 0.461 e. The van der Waals surface area contributed by atoms with Crippen molar-refractivity contribution in [1.82, 2.24) is 19.8 Å². The zero-order chi connectivity index (χ0) is 35.9. The summed E-state index contributed by atoms with van der Waals surface area (Å²) in [5.74, 6) is -0.899. The number of carbonyl (C=O) groups excluding carboxylic acids is 1. The number of hydrogen-bond donors (Lipinski definition) is 1. The highest BCUT2D eigenvalue weighted by molar-refractivity contribution is 6.35. The van der Waals surface area contributed by atoms with Crippen molar-refractivity contribution in [1.29, 1.82) is 0 Å². The van der Waals surface area contributed by atoms with E-state index in [4.69, 9.17) is 43.4 Å². The lowest BCUT2D eigenvalue weighted by Crippen LogP contribution is -2.57. The van der Waals surface area contributed by atoms with Gasteiger partial charge in [-0.2, -0.15) is 23.1 Å². The van der Waals surface area contributed by atoms with E-state index >= 15 is 4.39 Å². The molecule has 0 radical (unpaired) electrons. The molecule has 2 aromatic carbocycles. The van der Waals surface area contributed by atoms with Gasteiger partial charge in [0.25, 0.3) is 0 Å². The Labute approximate surface area is 295 Å². The third kappa shape index (κ3) is 6.25. The van der Waals surface area contributed by atoms with Crippen LogP contribution in [0.15, 0.2) is 18.2 Å². The molecule has 270 valence electrons. The van der Waals surface area contributed by atoms with Gasteiger partial charge in [0.2, 0.25) is 0 Å². The molecular formula is C34H37Cl2F5N6O3. The van der Waals surface area contributed by atoms with Gasteiger partial charge in [-0.3, -0.25) is 9.80 Å². The number of anilines is 2. The molecule has 0 spiro atoms. The van der Waals surface area contributed by atoms with Gasteiger partial charge in [0.05, 0.1) is 33.2 Å². The Morgan fingerprint density at radius 2 is 1.76 bits per heavy atom. The van der Waals surface area contributed by atoms with Gasteiger partial charge in [-0.15, -0.1) is 0 Å². The average Bonchev–Trinajstić information content (AvgIpc) is 3.61. The number of amides is 1. The lowest BCUT2D eigenvalue weighted by Gasteiger charge is -2.42. The van der Waals surface area contributed by atoms with Gasteiger partial charge >= 0.3 is 18.3 Å². The molecule has 4 saturated heterocycles. The van der Waals surface area contributed by atoms with Crippen LogP contribution in [-0.4, -0.2) is 88.0 Å². The monoisotopic (exact) mass is 742 g/mol. The summed E-state index contributed by atoms with van der Waals surface area (Å²) in [5, 5.41) is -0.906. The molecule has 4 aliphatic rings. The molecule has 2 N–H and O–H groups in total. The van der Waals surface area contributed by atoms with Crippen LogP contribution in [-0.2, 0) is 10.9 Å². The Balaban J connectivity index is 1.33. The molecule has 2 bridgehead atoms. The topological polar surface area (TPSA) is 97.0 Å². The van der Waals surface area contributed by atoms with E-state index in [2.05, 4.69) is 4.98 Å². The fourth-order valence-corrected chi connectivity index (χ4v) is 8.79. The number of halogens is 7. The zero-order valence-corrected chi connectivity index (χ0v) is 29.2. The summed E-state index contributed by atoms with van der Waals surface area (Å²) in [6.07, 6.45) is -3.17. The van der Waals surface area contributed by atoms with Crippen LogP contribution in [0.1, 0.15) is 58.4 Å². The third-order valence-electron chi connectivity index (χ3n) is 10.1. The third-order valence-corrected chi connectivity index (χ3v) is 10.7. The maximum atomic E-state index is 16.8. The Hall–Kier alpha value is -3.36. The number of aromatic nitrogens is 2. The van der Waals surface area contributed by atoms with Crippen LogP contribution < -0.4 is 15.4 Å². The summed E-state index contributed by atoms with van der Waals surface area (Å²) < 4.78 is 86.1. The molecule has 1 aromatic heterocycles. The van der Waals surface area contributed by atoms with Crippen molar-refractivity contribution in [3.63, 3.8) is 0 Å². The van der Waals surface area contributed by atoms with Crippen molar-refractivity contribution in [3.05, 3.63) is 39.6 Å². The number of nitrogen functional groups attached to an aromatic ring is 1. The summed E-state index contributed by atoms with van der Waals surface area (Å²) in [4.78, 5) is 27.9. The van der Waals surface area contributed by atoms with E-state index in [-0.39, 0.29) is 58.6 Å². The van der Waals surface area contributed by atoms with Crippen LogP contribution in [0.3, 0.4) is 0 Å². The Morgan fingerprint density at radius 1 is 1.06 bits per heavy atom. The lowest BCUT2D eigenvalue weighted by molar-refractivity contribution is -0.137. The van der Waals surface area contributed by atoms with Crippen LogP contribution in [0.2, 0.25) is 10.0 Å². The summed E-state index contributed by atoms with van der Waals surface area (Å²) in [5.41, 5.74) is 1.66. The minimum atomic E-state index is -4.97. The first-order chi connectivity index (χ1) is 23.4. The SMILES string of the molecule is CC(C)(C)OC(=O)N1C2CCC1CN(c1nc(OCC34CCCN3C[C@H](F)C4)nc3c(F)c(-c4cc(N)cc(Cl)c4C(F)(F)F)c(Cl)cc13)C2. The number of fused-ring (bicyclic) bond motifs is 4. The molecule has 50 heavy (non-hydrogen) atoms. The summed E-state index contributed by atoms with van der Waals surface area (Å²) >= 11 is 12.6. The Morgan fingerprint density at radius 3 is 2.42 bits per heavy atom. The molecule has 4 atom stereocenters. The van der Waals surface area contributed by atoms with Crippen LogP contribution in [0.25, 0.3) is 22.0 Å². The number of piperazine rings is 1. The molecule has 7 rings (SSSR count). The maximum Gasteiger partial charge on any atom is 0.418 e. The highest BCUT2D eigenvalue weighted by Gasteiger charge is 2.50. The highest BCUT2D eigenvalue weighted by atomic mass is 35.5. The average molecular weight is 744 g/mol. The van der Waals surface area contributed by atoms with Gasteiger partial charge in [0.1, 0.15) is 29.7 Å². The van der Waals surface area contributed by atoms with E-state index in [1.54, 1.807) is 25.7 Å². The number of nitrogens with two attached hydrogens (primary N) is 1. The Bertz CT molecular complexity index is 1840. The fourth-order valence-electron chi connectivity index (χ4n) is 8.16. The van der Waals surface area contributed by atoms with E-state index < -0.39 is 57.1 Å². The molecule has 0 aliphatic carbocycles. The first-order valence-corrected chi connectivity index (χ1v) is 17.3. The van der Waals surface area contributed by atoms with Crippen molar-refractivity contribution in [2.24, 2.45) is 0 Å². The van der Waals surface area contributed by atoms with Crippen molar-refractivity contribution in [2.45, 2.75) is 88.4 Å². The molecule has 4 aliphatic heterocycles.